The molecule has 98 valence electrons. The van der Waals surface area contributed by atoms with Crippen LogP contribution in [0.1, 0.15) is 11.1 Å². The van der Waals surface area contributed by atoms with Gasteiger partial charge in [0.25, 0.3) is 0 Å². The Bertz CT molecular complexity index is 400. The molecule has 0 aromatic heterocycles. The van der Waals surface area contributed by atoms with Crippen LogP contribution in [-0.2, 0) is 0 Å². The topological polar surface area (TPSA) is 0 Å². The predicted octanol–water partition coefficient (Wildman–Crippen LogP) is 5.47. The zero-order valence-electron chi connectivity index (χ0n) is 12.6. The first-order valence-corrected chi connectivity index (χ1v) is 13.8. The van der Waals surface area contributed by atoms with Gasteiger partial charge in [-0.05, 0) is 11.1 Å². The Hall–Kier alpha value is -0.866. The van der Waals surface area contributed by atoms with E-state index in [1.807, 2.05) is 0 Å². The van der Waals surface area contributed by atoms with Crippen LogP contribution in [0.4, 0.5) is 0 Å². The lowest BCUT2D eigenvalue weighted by atomic mass is 10.1. The van der Waals surface area contributed by atoms with E-state index in [1.54, 1.807) is 0 Å². The third-order valence-corrected chi connectivity index (χ3v) is 4.86. The largest absolute Gasteiger partial charge is 0.0944 e. The van der Waals surface area contributed by atoms with Crippen LogP contribution in [-0.4, -0.2) is 16.1 Å². The second kappa shape index (κ2) is 5.85. The highest BCUT2D eigenvalue weighted by Crippen LogP contribution is 2.16. The summed E-state index contributed by atoms with van der Waals surface area (Å²) in [5, 5.41) is 0. The summed E-state index contributed by atoms with van der Waals surface area (Å²) in [6.07, 6.45) is 4.60. The molecule has 0 unspecified atom stereocenters. The Kier molecular flexibility index (Phi) is 4.94. The normalized spacial score (nSPS) is 13.7. The molecule has 1 aromatic carbocycles. The molecule has 0 aliphatic heterocycles. The van der Waals surface area contributed by atoms with Crippen molar-refractivity contribution in [2.24, 2.45) is 0 Å². The fraction of sp³-hybridized carbons (Fsp3) is 0.375. The molecular weight excluding hydrogens is 248 g/mol. The highest BCUT2D eigenvalue weighted by molar-refractivity contribution is 6.82. The van der Waals surface area contributed by atoms with Crippen molar-refractivity contribution in [3.8, 4) is 0 Å². The summed E-state index contributed by atoms with van der Waals surface area (Å²) in [6.45, 7) is 14.2. The van der Waals surface area contributed by atoms with Gasteiger partial charge in [-0.15, -0.1) is 0 Å². The van der Waals surface area contributed by atoms with E-state index in [9.17, 15) is 0 Å². The maximum Gasteiger partial charge on any atom is 0.0687 e. The molecule has 1 aromatic rings. The van der Waals surface area contributed by atoms with Gasteiger partial charge in [-0.25, -0.2) is 0 Å². The number of benzene rings is 1. The van der Waals surface area contributed by atoms with E-state index in [1.165, 1.54) is 11.1 Å². The van der Waals surface area contributed by atoms with Crippen LogP contribution in [0.2, 0.25) is 39.3 Å². The first-order chi connectivity index (χ1) is 8.17. The van der Waals surface area contributed by atoms with Crippen LogP contribution in [0.25, 0.3) is 12.2 Å². The number of rotatable bonds is 4. The van der Waals surface area contributed by atoms with E-state index < -0.39 is 16.1 Å². The second-order valence-electron chi connectivity index (χ2n) is 7.03. The lowest BCUT2D eigenvalue weighted by Gasteiger charge is -2.11. The Balaban J connectivity index is 3.01. The summed E-state index contributed by atoms with van der Waals surface area (Å²) >= 11 is 0. The molecule has 0 radical (unpaired) electrons. The maximum absolute atomic E-state index is 2.41. The average molecular weight is 275 g/mol. The van der Waals surface area contributed by atoms with Crippen molar-refractivity contribution < 1.29 is 0 Å². The molecule has 0 saturated carbocycles. The molecule has 0 amide bonds. The van der Waals surface area contributed by atoms with Crippen molar-refractivity contribution in [3.05, 3.63) is 46.8 Å². The summed E-state index contributed by atoms with van der Waals surface area (Å²) in [7, 11) is -2.24. The number of hydrogen-bond donors (Lipinski definition) is 0. The lowest BCUT2D eigenvalue weighted by Crippen LogP contribution is -2.15. The van der Waals surface area contributed by atoms with E-state index in [4.69, 9.17) is 0 Å². The van der Waals surface area contributed by atoms with Crippen LogP contribution in [0.15, 0.2) is 35.7 Å². The van der Waals surface area contributed by atoms with Crippen molar-refractivity contribution in [3.63, 3.8) is 0 Å². The van der Waals surface area contributed by atoms with Crippen molar-refractivity contribution in [1.82, 2.24) is 0 Å². The van der Waals surface area contributed by atoms with Crippen LogP contribution < -0.4 is 0 Å². The predicted molar refractivity (Wildman–Crippen MR) is 91.2 cm³/mol. The van der Waals surface area contributed by atoms with Crippen LogP contribution in [0.5, 0.6) is 0 Å². The molecule has 1 rings (SSSR count). The third-order valence-electron chi connectivity index (χ3n) is 2.52. The lowest BCUT2D eigenvalue weighted by molar-refractivity contribution is 1.61. The van der Waals surface area contributed by atoms with Gasteiger partial charge >= 0.3 is 0 Å². The molecule has 0 spiro atoms. The molecular formula is C16H26Si2. The summed E-state index contributed by atoms with van der Waals surface area (Å²) in [6, 6.07) is 8.66. The SMILES string of the molecule is C[Si](C)(C)C=Cc1ccccc1C=C[Si](C)(C)C. The monoisotopic (exact) mass is 274 g/mol. The quantitative estimate of drug-likeness (QED) is 0.639. The zero-order chi connectivity index (χ0) is 13.8. The molecule has 0 bridgehead atoms. The Labute approximate surface area is 114 Å². The Morgan fingerprint density at radius 2 is 1.00 bits per heavy atom. The van der Waals surface area contributed by atoms with Gasteiger partial charge in [-0.1, -0.05) is 87.1 Å². The Morgan fingerprint density at radius 1 is 0.667 bits per heavy atom. The van der Waals surface area contributed by atoms with Gasteiger partial charge in [-0.2, -0.15) is 0 Å². The minimum atomic E-state index is -1.12. The van der Waals surface area contributed by atoms with Crippen molar-refractivity contribution in [2.45, 2.75) is 39.3 Å². The molecule has 0 heterocycles. The first-order valence-electron chi connectivity index (χ1n) is 6.65. The van der Waals surface area contributed by atoms with E-state index in [-0.39, 0.29) is 0 Å². The van der Waals surface area contributed by atoms with Gasteiger partial charge in [0, 0.05) is 0 Å². The zero-order valence-corrected chi connectivity index (χ0v) is 14.6. The van der Waals surface area contributed by atoms with Crippen LogP contribution in [0, 0.1) is 0 Å². The van der Waals surface area contributed by atoms with Gasteiger partial charge in [-0.3, -0.25) is 0 Å². The van der Waals surface area contributed by atoms with E-state index >= 15 is 0 Å². The third kappa shape index (κ3) is 6.17. The molecule has 2 heteroatoms. The molecule has 0 N–H and O–H groups in total. The van der Waals surface area contributed by atoms with Crippen molar-refractivity contribution >= 4 is 28.3 Å². The molecule has 0 nitrogen and oxygen atoms in total. The molecule has 18 heavy (non-hydrogen) atoms. The summed E-state index contributed by atoms with van der Waals surface area (Å²) in [5.41, 5.74) is 7.51. The smallest absolute Gasteiger partial charge is 0.0687 e. The van der Waals surface area contributed by atoms with Crippen molar-refractivity contribution in [1.29, 1.82) is 0 Å². The highest BCUT2D eigenvalue weighted by atomic mass is 28.3. The van der Waals surface area contributed by atoms with Gasteiger partial charge in [0.2, 0.25) is 0 Å². The van der Waals surface area contributed by atoms with Gasteiger partial charge < -0.3 is 0 Å². The highest BCUT2D eigenvalue weighted by Gasteiger charge is 2.09. The van der Waals surface area contributed by atoms with Gasteiger partial charge in [0.05, 0.1) is 16.1 Å². The average Bonchev–Trinajstić information content (AvgIpc) is 2.22. The molecule has 0 saturated heterocycles. The molecule has 0 aliphatic rings. The summed E-state index contributed by atoms with van der Waals surface area (Å²) in [5.74, 6) is 0. The van der Waals surface area contributed by atoms with Gasteiger partial charge in [0.15, 0.2) is 0 Å². The maximum atomic E-state index is 2.41. The molecule has 0 atom stereocenters. The second-order valence-corrected chi connectivity index (χ2v) is 17.2. The number of hydrogen-bond acceptors (Lipinski definition) is 0. The van der Waals surface area contributed by atoms with E-state index in [0.717, 1.165) is 0 Å². The van der Waals surface area contributed by atoms with E-state index in [0.29, 0.717) is 0 Å². The van der Waals surface area contributed by atoms with E-state index in [2.05, 4.69) is 87.1 Å². The fourth-order valence-electron chi connectivity index (χ4n) is 1.49. The fourth-order valence-corrected chi connectivity index (χ4v) is 2.85. The van der Waals surface area contributed by atoms with Gasteiger partial charge in [0.1, 0.15) is 0 Å². The minimum Gasteiger partial charge on any atom is -0.0944 e. The first kappa shape index (κ1) is 15.2. The minimum absolute atomic E-state index is 1.12. The molecule has 0 aliphatic carbocycles. The standard InChI is InChI=1S/C16H26Si2/c1-17(2,3)13-11-15-9-7-8-10-16(15)12-14-18(4,5)6/h7-14H,1-6H3. The summed E-state index contributed by atoms with van der Waals surface area (Å²) < 4.78 is 0. The Morgan fingerprint density at radius 3 is 1.28 bits per heavy atom. The summed E-state index contributed by atoms with van der Waals surface area (Å²) in [4.78, 5) is 0. The van der Waals surface area contributed by atoms with Crippen molar-refractivity contribution in [2.75, 3.05) is 0 Å². The van der Waals surface area contributed by atoms with Crippen LogP contribution >= 0.6 is 0 Å². The molecule has 0 fully saturated rings. The van der Waals surface area contributed by atoms with Crippen LogP contribution in [0.3, 0.4) is 0 Å².